The SMILES string of the molecule is Brc1ccc(-c2nnc(SC[C@@H]3CCCO3)n2CCc2ccccc2)cc1. The van der Waals surface area contributed by atoms with Crippen molar-refractivity contribution < 1.29 is 4.74 Å². The maximum absolute atomic E-state index is 5.76. The Labute approximate surface area is 172 Å². The molecule has 2 aromatic carbocycles. The summed E-state index contributed by atoms with van der Waals surface area (Å²) in [7, 11) is 0. The molecule has 1 aromatic heterocycles. The van der Waals surface area contributed by atoms with Crippen LogP contribution in [-0.4, -0.2) is 33.2 Å². The maximum atomic E-state index is 5.76. The predicted octanol–water partition coefficient (Wildman–Crippen LogP) is 5.22. The first-order valence-electron chi connectivity index (χ1n) is 9.27. The van der Waals surface area contributed by atoms with Gasteiger partial charge in [0.05, 0.1) is 6.10 Å². The minimum atomic E-state index is 0.338. The van der Waals surface area contributed by atoms with Gasteiger partial charge in [0.2, 0.25) is 0 Å². The quantitative estimate of drug-likeness (QED) is 0.469. The van der Waals surface area contributed by atoms with E-state index in [1.165, 1.54) is 5.56 Å². The third-order valence-corrected chi connectivity index (χ3v) is 6.34. The van der Waals surface area contributed by atoms with Gasteiger partial charge in [-0.3, -0.25) is 0 Å². The zero-order valence-corrected chi connectivity index (χ0v) is 17.5. The van der Waals surface area contributed by atoms with Crippen LogP contribution in [0.4, 0.5) is 0 Å². The maximum Gasteiger partial charge on any atom is 0.191 e. The predicted molar refractivity (Wildman–Crippen MR) is 113 cm³/mol. The number of hydrogen-bond donors (Lipinski definition) is 0. The highest BCUT2D eigenvalue weighted by Crippen LogP contribution is 2.28. The molecular weight excluding hydrogens is 422 g/mol. The van der Waals surface area contributed by atoms with E-state index in [1.54, 1.807) is 11.8 Å². The average molecular weight is 444 g/mol. The largest absolute Gasteiger partial charge is 0.377 e. The summed E-state index contributed by atoms with van der Waals surface area (Å²) >= 11 is 5.26. The van der Waals surface area contributed by atoms with E-state index in [0.29, 0.717) is 6.10 Å². The smallest absolute Gasteiger partial charge is 0.191 e. The molecule has 0 amide bonds. The van der Waals surface area contributed by atoms with Gasteiger partial charge in [-0.15, -0.1) is 10.2 Å². The molecule has 0 N–H and O–H groups in total. The Morgan fingerprint density at radius 2 is 1.89 bits per heavy atom. The zero-order chi connectivity index (χ0) is 18.5. The number of benzene rings is 2. The van der Waals surface area contributed by atoms with Gasteiger partial charge in [0.1, 0.15) is 0 Å². The third-order valence-electron chi connectivity index (χ3n) is 4.71. The van der Waals surface area contributed by atoms with E-state index in [1.807, 2.05) is 12.1 Å². The van der Waals surface area contributed by atoms with Crippen molar-refractivity contribution >= 4 is 27.7 Å². The molecule has 1 saturated heterocycles. The molecular formula is C21H22BrN3OS. The molecule has 4 nitrogen and oxygen atoms in total. The fourth-order valence-electron chi connectivity index (χ4n) is 3.24. The highest BCUT2D eigenvalue weighted by Gasteiger charge is 2.19. The van der Waals surface area contributed by atoms with Crippen molar-refractivity contribution in [2.45, 2.75) is 37.1 Å². The summed E-state index contributed by atoms with van der Waals surface area (Å²) in [4.78, 5) is 0. The number of halogens is 1. The van der Waals surface area contributed by atoms with Crippen LogP contribution in [0, 0.1) is 0 Å². The zero-order valence-electron chi connectivity index (χ0n) is 15.1. The van der Waals surface area contributed by atoms with Gasteiger partial charge in [0.25, 0.3) is 0 Å². The summed E-state index contributed by atoms with van der Waals surface area (Å²) in [5.41, 5.74) is 2.41. The molecule has 27 heavy (non-hydrogen) atoms. The van der Waals surface area contributed by atoms with Crippen LogP contribution in [0.15, 0.2) is 64.2 Å². The van der Waals surface area contributed by atoms with Crippen molar-refractivity contribution in [3.63, 3.8) is 0 Å². The van der Waals surface area contributed by atoms with E-state index >= 15 is 0 Å². The van der Waals surface area contributed by atoms with Gasteiger partial charge < -0.3 is 9.30 Å². The molecule has 0 aliphatic carbocycles. The lowest BCUT2D eigenvalue weighted by Gasteiger charge is -2.12. The van der Waals surface area contributed by atoms with Crippen LogP contribution in [0.3, 0.4) is 0 Å². The van der Waals surface area contributed by atoms with Gasteiger partial charge in [-0.05, 0) is 37.0 Å². The summed E-state index contributed by atoms with van der Waals surface area (Å²) in [6.07, 6.45) is 3.60. The molecule has 1 aliphatic rings. The molecule has 1 aliphatic heterocycles. The molecule has 0 unspecified atom stereocenters. The second-order valence-corrected chi connectivity index (χ2v) is 8.55. The van der Waals surface area contributed by atoms with Crippen LogP contribution in [0.25, 0.3) is 11.4 Å². The average Bonchev–Trinajstić information content (AvgIpc) is 3.36. The first-order chi connectivity index (χ1) is 13.3. The molecule has 0 spiro atoms. The normalized spacial score (nSPS) is 16.7. The number of hydrogen-bond acceptors (Lipinski definition) is 4. The Balaban J connectivity index is 1.56. The number of aromatic nitrogens is 3. The standard InChI is InChI=1S/C21H22BrN3OS/c22-18-10-8-17(9-11-18)20-23-24-21(27-15-19-7-4-14-26-19)25(20)13-12-16-5-2-1-3-6-16/h1-3,5-6,8-11,19H,4,7,12-15H2/t19-/m0/s1. The minimum Gasteiger partial charge on any atom is -0.377 e. The summed E-state index contributed by atoms with van der Waals surface area (Å²) in [6, 6.07) is 18.8. The summed E-state index contributed by atoms with van der Waals surface area (Å²) in [5.74, 6) is 1.86. The summed E-state index contributed by atoms with van der Waals surface area (Å²) in [6.45, 7) is 1.74. The number of nitrogens with zero attached hydrogens (tertiary/aromatic N) is 3. The fourth-order valence-corrected chi connectivity index (χ4v) is 4.53. The van der Waals surface area contributed by atoms with Crippen molar-refractivity contribution in [2.75, 3.05) is 12.4 Å². The number of rotatable bonds is 7. The van der Waals surface area contributed by atoms with Crippen molar-refractivity contribution in [1.82, 2.24) is 14.8 Å². The first-order valence-corrected chi connectivity index (χ1v) is 11.0. The first kappa shape index (κ1) is 18.7. The van der Waals surface area contributed by atoms with Crippen LogP contribution < -0.4 is 0 Å². The molecule has 140 valence electrons. The Morgan fingerprint density at radius 1 is 1.07 bits per heavy atom. The Bertz CT molecular complexity index is 861. The van der Waals surface area contributed by atoms with E-state index in [4.69, 9.17) is 4.74 Å². The Hall–Kier alpha value is -1.63. The van der Waals surface area contributed by atoms with Gasteiger partial charge in [-0.2, -0.15) is 0 Å². The highest BCUT2D eigenvalue weighted by atomic mass is 79.9. The van der Waals surface area contributed by atoms with Crippen LogP contribution in [0.5, 0.6) is 0 Å². The molecule has 0 saturated carbocycles. The summed E-state index contributed by atoms with van der Waals surface area (Å²) in [5, 5.41) is 9.98. The number of ether oxygens (including phenoxy) is 1. The van der Waals surface area contributed by atoms with E-state index < -0.39 is 0 Å². The van der Waals surface area contributed by atoms with Crippen molar-refractivity contribution in [3.8, 4) is 11.4 Å². The Morgan fingerprint density at radius 3 is 2.63 bits per heavy atom. The topological polar surface area (TPSA) is 39.9 Å². The van der Waals surface area contributed by atoms with Gasteiger partial charge in [0.15, 0.2) is 11.0 Å². The lowest BCUT2D eigenvalue weighted by atomic mass is 10.1. The lowest BCUT2D eigenvalue weighted by Crippen LogP contribution is -2.10. The van der Waals surface area contributed by atoms with Gasteiger partial charge in [-0.1, -0.05) is 70.2 Å². The second kappa shape index (κ2) is 9.04. The molecule has 0 radical (unpaired) electrons. The molecule has 3 aromatic rings. The van der Waals surface area contributed by atoms with E-state index in [-0.39, 0.29) is 0 Å². The number of thioether (sulfide) groups is 1. The van der Waals surface area contributed by atoms with Gasteiger partial charge in [0, 0.05) is 28.9 Å². The Kier molecular flexibility index (Phi) is 6.27. The fraction of sp³-hybridized carbons (Fsp3) is 0.333. The second-order valence-electron chi connectivity index (χ2n) is 6.65. The monoisotopic (exact) mass is 443 g/mol. The van der Waals surface area contributed by atoms with Crippen LogP contribution in [-0.2, 0) is 17.7 Å². The van der Waals surface area contributed by atoms with Crippen LogP contribution in [0.1, 0.15) is 18.4 Å². The van der Waals surface area contributed by atoms with Crippen molar-refractivity contribution in [1.29, 1.82) is 0 Å². The van der Waals surface area contributed by atoms with Crippen molar-refractivity contribution in [2.24, 2.45) is 0 Å². The van der Waals surface area contributed by atoms with Crippen LogP contribution >= 0.6 is 27.7 Å². The third kappa shape index (κ3) is 4.81. The van der Waals surface area contributed by atoms with E-state index in [2.05, 4.69) is 73.2 Å². The molecule has 1 atom stereocenters. The van der Waals surface area contributed by atoms with Crippen LogP contribution in [0.2, 0.25) is 0 Å². The highest BCUT2D eigenvalue weighted by molar-refractivity contribution is 9.10. The molecule has 1 fully saturated rings. The molecule has 4 rings (SSSR count). The van der Waals surface area contributed by atoms with E-state index in [9.17, 15) is 0 Å². The molecule has 0 bridgehead atoms. The number of aryl methyl sites for hydroxylation is 1. The van der Waals surface area contributed by atoms with E-state index in [0.717, 1.165) is 59.2 Å². The lowest BCUT2D eigenvalue weighted by molar-refractivity contribution is 0.129. The summed E-state index contributed by atoms with van der Waals surface area (Å²) < 4.78 is 9.08. The van der Waals surface area contributed by atoms with Gasteiger partial charge >= 0.3 is 0 Å². The minimum absolute atomic E-state index is 0.338. The van der Waals surface area contributed by atoms with Crippen molar-refractivity contribution in [3.05, 3.63) is 64.6 Å². The molecule has 6 heteroatoms. The molecule has 2 heterocycles. The van der Waals surface area contributed by atoms with Gasteiger partial charge in [-0.25, -0.2) is 0 Å².